The summed E-state index contributed by atoms with van der Waals surface area (Å²) in [6, 6.07) is 0. The molecule has 0 aliphatic carbocycles. The van der Waals surface area contributed by atoms with Crippen LogP contribution < -0.4 is 0 Å². The molecule has 0 amide bonds. The predicted molar refractivity (Wildman–Crippen MR) is 256 cm³/mol. The molecule has 0 N–H and O–H groups in total. The van der Waals surface area contributed by atoms with Gasteiger partial charge in [0.25, 0.3) is 0 Å². The Balaban J connectivity index is 4.33. The fourth-order valence-corrected chi connectivity index (χ4v) is 8.12. The van der Waals surface area contributed by atoms with Crippen molar-refractivity contribution >= 4 is 17.9 Å². The van der Waals surface area contributed by atoms with Crippen LogP contribution in [0.2, 0.25) is 0 Å². The van der Waals surface area contributed by atoms with Crippen LogP contribution >= 0.6 is 0 Å². The molecule has 6 nitrogen and oxygen atoms in total. The van der Waals surface area contributed by atoms with Crippen molar-refractivity contribution in [2.24, 2.45) is 17.8 Å². The van der Waals surface area contributed by atoms with Crippen molar-refractivity contribution in [3.8, 4) is 0 Å². The maximum Gasteiger partial charge on any atom is 0.306 e. The lowest BCUT2D eigenvalue weighted by molar-refractivity contribution is -0.167. The Morgan fingerprint density at radius 2 is 0.483 bits per heavy atom. The monoisotopic (exact) mass is 849 g/mol. The third-order valence-corrected chi connectivity index (χ3v) is 12.1. The van der Waals surface area contributed by atoms with Crippen LogP contribution in [0.5, 0.6) is 0 Å². The van der Waals surface area contributed by atoms with Gasteiger partial charge in [0.1, 0.15) is 13.2 Å². The molecule has 0 aromatic carbocycles. The second-order valence-corrected chi connectivity index (χ2v) is 19.9. The van der Waals surface area contributed by atoms with Crippen molar-refractivity contribution in [3.05, 3.63) is 0 Å². The molecule has 0 unspecified atom stereocenters. The van der Waals surface area contributed by atoms with Crippen LogP contribution in [0.25, 0.3) is 0 Å². The quantitative estimate of drug-likeness (QED) is 0.0345. The van der Waals surface area contributed by atoms with Crippen LogP contribution in [0.1, 0.15) is 292 Å². The van der Waals surface area contributed by atoms with E-state index in [0.29, 0.717) is 19.3 Å². The lowest BCUT2D eigenvalue weighted by Gasteiger charge is -2.18. The zero-order valence-electron chi connectivity index (χ0n) is 41.3. The summed E-state index contributed by atoms with van der Waals surface area (Å²) in [5.41, 5.74) is 0. The average molecular weight is 849 g/mol. The topological polar surface area (TPSA) is 78.9 Å². The Morgan fingerprint density at radius 1 is 0.283 bits per heavy atom. The molecule has 0 aromatic rings. The third kappa shape index (κ3) is 47.5. The number of carbonyl (C=O) groups is 3. The van der Waals surface area contributed by atoms with Crippen molar-refractivity contribution in [1.29, 1.82) is 0 Å². The lowest BCUT2D eigenvalue weighted by Crippen LogP contribution is -2.30. The molecule has 0 radical (unpaired) electrons. The summed E-state index contributed by atoms with van der Waals surface area (Å²) in [5.74, 6) is 1.63. The fourth-order valence-electron chi connectivity index (χ4n) is 8.12. The minimum absolute atomic E-state index is 0.0645. The number of carbonyl (C=O) groups excluding carboxylic acids is 3. The highest BCUT2D eigenvalue weighted by atomic mass is 16.6. The molecule has 0 saturated heterocycles. The molecule has 0 bridgehead atoms. The van der Waals surface area contributed by atoms with Gasteiger partial charge in [-0.25, -0.2) is 0 Å². The first-order chi connectivity index (χ1) is 29.1. The van der Waals surface area contributed by atoms with E-state index in [9.17, 15) is 14.4 Å². The molecule has 0 aliphatic rings. The highest BCUT2D eigenvalue weighted by Gasteiger charge is 2.19. The summed E-state index contributed by atoms with van der Waals surface area (Å²) in [5, 5.41) is 0. The molecule has 0 heterocycles. The Bertz CT molecular complexity index is 929. The molecule has 0 fully saturated rings. The molecule has 0 saturated carbocycles. The molecule has 60 heavy (non-hydrogen) atoms. The van der Waals surface area contributed by atoms with E-state index in [2.05, 4.69) is 41.5 Å². The van der Waals surface area contributed by atoms with Crippen molar-refractivity contribution in [3.63, 3.8) is 0 Å². The van der Waals surface area contributed by atoms with Gasteiger partial charge in [-0.3, -0.25) is 14.4 Å². The summed E-state index contributed by atoms with van der Waals surface area (Å²) < 4.78 is 16.8. The van der Waals surface area contributed by atoms with Crippen LogP contribution in [0.3, 0.4) is 0 Å². The van der Waals surface area contributed by atoms with E-state index in [1.54, 1.807) is 0 Å². The Kier molecular flexibility index (Phi) is 44.2. The van der Waals surface area contributed by atoms with Gasteiger partial charge in [0.15, 0.2) is 6.10 Å². The van der Waals surface area contributed by atoms with Crippen LogP contribution in [0, 0.1) is 17.8 Å². The third-order valence-electron chi connectivity index (χ3n) is 12.1. The van der Waals surface area contributed by atoms with Crippen molar-refractivity contribution < 1.29 is 28.6 Å². The normalized spacial score (nSPS) is 12.2. The molecule has 0 spiro atoms. The number of ether oxygens (including phenoxy) is 3. The van der Waals surface area contributed by atoms with Gasteiger partial charge < -0.3 is 14.2 Å². The maximum absolute atomic E-state index is 12.8. The smallest absolute Gasteiger partial charge is 0.306 e. The summed E-state index contributed by atoms with van der Waals surface area (Å²) >= 11 is 0. The zero-order chi connectivity index (χ0) is 44.2. The first kappa shape index (κ1) is 58.4. The van der Waals surface area contributed by atoms with Gasteiger partial charge in [-0.05, 0) is 37.0 Å². The second kappa shape index (κ2) is 45.4. The van der Waals surface area contributed by atoms with Gasteiger partial charge >= 0.3 is 17.9 Å². The van der Waals surface area contributed by atoms with Gasteiger partial charge in [-0.2, -0.15) is 0 Å². The number of unbranched alkanes of at least 4 members (excludes halogenated alkanes) is 30. The Labute approximate surface area is 374 Å². The van der Waals surface area contributed by atoms with Crippen LogP contribution in [-0.2, 0) is 28.6 Å². The van der Waals surface area contributed by atoms with Gasteiger partial charge in [0, 0.05) is 19.3 Å². The highest BCUT2D eigenvalue weighted by molar-refractivity contribution is 5.71. The van der Waals surface area contributed by atoms with Crippen LogP contribution in [0.4, 0.5) is 0 Å². The SMILES string of the molecule is CC(C)CCCCCCCCCCCCCCC(=O)O[C@H](COC(=O)CCCCCCCCCCCCCC(C)C)COC(=O)CCCCCCCCCCCCC(C)C. The van der Waals surface area contributed by atoms with E-state index in [-0.39, 0.29) is 31.1 Å². The first-order valence-electron chi connectivity index (χ1n) is 26.6. The van der Waals surface area contributed by atoms with E-state index >= 15 is 0 Å². The minimum atomic E-state index is -0.763. The standard InChI is InChI=1S/C54H104O6/c1-48(2)40-34-28-22-16-10-7-8-12-21-27-33-39-45-54(57)60-51(47-59-53(56)44-38-32-26-20-15-14-18-24-30-36-42-50(5)6)46-58-52(55)43-37-31-25-19-13-9-11-17-23-29-35-41-49(3)4/h48-51H,7-47H2,1-6H3/t51-/m1/s1. The fraction of sp³-hybridized carbons (Fsp3) is 0.944. The molecule has 0 rings (SSSR count). The number of hydrogen-bond donors (Lipinski definition) is 0. The predicted octanol–water partition coefficient (Wildman–Crippen LogP) is 17.2. The number of rotatable bonds is 47. The first-order valence-corrected chi connectivity index (χ1v) is 26.6. The molecule has 6 heteroatoms. The largest absolute Gasteiger partial charge is 0.462 e. The summed E-state index contributed by atoms with van der Waals surface area (Å²) in [7, 11) is 0. The van der Waals surface area contributed by atoms with Gasteiger partial charge in [0.2, 0.25) is 0 Å². The van der Waals surface area contributed by atoms with E-state index in [1.165, 1.54) is 173 Å². The van der Waals surface area contributed by atoms with Crippen LogP contribution in [-0.4, -0.2) is 37.2 Å². The highest BCUT2D eigenvalue weighted by Crippen LogP contribution is 2.18. The number of esters is 3. The zero-order valence-corrected chi connectivity index (χ0v) is 41.3. The Morgan fingerprint density at radius 3 is 0.717 bits per heavy atom. The molecule has 356 valence electrons. The molecular weight excluding hydrogens is 745 g/mol. The van der Waals surface area contributed by atoms with E-state index < -0.39 is 6.10 Å². The molecule has 0 aromatic heterocycles. The Hall–Kier alpha value is -1.59. The summed E-state index contributed by atoms with van der Waals surface area (Å²) in [6.07, 6.45) is 45.2. The van der Waals surface area contributed by atoms with E-state index in [4.69, 9.17) is 14.2 Å². The minimum Gasteiger partial charge on any atom is -0.462 e. The second-order valence-electron chi connectivity index (χ2n) is 19.9. The lowest BCUT2D eigenvalue weighted by atomic mass is 10.0. The number of hydrogen-bond acceptors (Lipinski definition) is 6. The van der Waals surface area contributed by atoms with Gasteiger partial charge in [-0.1, -0.05) is 253 Å². The van der Waals surface area contributed by atoms with Crippen molar-refractivity contribution in [2.45, 2.75) is 298 Å². The van der Waals surface area contributed by atoms with Crippen molar-refractivity contribution in [1.82, 2.24) is 0 Å². The molecule has 0 aliphatic heterocycles. The summed E-state index contributed by atoms with van der Waals surface area (Å²) in [6.45, 7) is 13.7. The van der Waals surface area contributed by atoms with E-state index in [0.717, 1.165) is 75.5 Å². The van der Waals surface area contributed by atoms with E-state index in [1.807, 2.05) is 0 Å². The average Bonchev–Trinajstić information content (AvgIpc) is 3.20. The van der Waals surface area contributed by atoms with Gasteiger partial charge in [-0.15, -0.1) is 0 Å². The molecule has 1 atom stereocenters. The maximum atomic E-state index is 12.8. The van der Waals surface area contributed by atoms with Crippen molar-refractivity contribution in [2.75, 3.05) is 13.2 Å². The molecular formula is C54H104O6. The van der Waals surface area contributed by atoms with Crippen LogP contribution in [0.15, 0.2) is 0 Å². The van der Waals surface area contributed by atoms with Gasteiger partial charge in [0.05, 0.1) is 0 Å². The summed E-state index contributed by atoms with van der Waals surface area (Å²) in [4.78, 5) is 38.0.